The Kier molecular flexibility index (Phi) is 8.45. The van der Waals surface area contributed by atoms with Crippen molar-refractivity contribution in [1.82, 2.24) is 4.98 Å². The van der Waals surface area contributed by atoms with Crippen LogP contribution in [0.4, 0.5) is 13.2 Å². The lowest BCUT2D eigenvalue weighted by Gasteiger charge is -2.38. The van der Waals surface area contributed by atoms with Crippen LogP contribution >= 0.6 is 0 Å². The van der Waals surface area contributed by atoms with Crippen molar-refractivity contribution in [3.63, 3.8) is 0 Å². The molecule has 1 aliphatic heterocycles. The SMILES string of the molecule is C=C/C=C(\C=C/CC(O)c1c(C(C)C)nc2c(c1C1=CCOCC1)C(O)CC(C)(C)C2)C(F)(F)F. The summed E-state index contributed by atoms with van der Waals surface area (Å²) in [5.41, 5.74) is 3.70. The first-order chi connectivity index (χ1) is 16.4. The minimum atomic E-state index is -4.51. The van der Waals surface area contributed by atoms with E-state index >= 15 is 0 Å². The van der Waals surface area contributed by atoms with E-state index in [9.17, 15) is 23.4 Å². The standard InChI is InChI=1S/C28H36F3NO3/c1-6-8-19(28(29,30)31)9-7-10-21(33)25-23(18-11-13-35-14-12-18)24-20(32-26(25)17(2)3)15-27(4,5)16-22(24)34/h6-9,11,17,21-22,33-34H,1,10,12-16H2,2-5H3/b9-7-,19-8+. The molecule has 2 atom stereocenters. The van der Waals surface area contributed by atoms with Gasteiger partial charge in [-0.3, -0.25) is 4.98 Å². The summed E-state index contributed by atoms with van der Waals surface area (Å²) in [6, 6.07) is 0. The summed E-state index contributed by atoms with van der Waals surface area (Å²) in [7, 11) is 0. The first-order valence-electron chi connectivity index (χ1n) is 12.1. The maximum Gasteiger partial charge on any atom is 0.416 e. The van der Waals surface area contributed by atoms with Crippen molar-refractivity contribution in [3.05, 3.63) is 70.6 Å². The summed E-state index contributed by atoms with van der Waals surface area (Å²) < 4.78 is 45.2. The van der Waals surface area contributed by atoms with Gasteiger partial charge in [-0.2, -0.15) is 13.2 Å². The molecule has 0 radical (unpaired) electrons. The number of nitrogens with zero attached hydrogens (tertiary/aromatic N) is 1. The molecule has 2 unspecified atom stereocenters. The quantitative estimate of drug-likeness (QED) is 0.418. The molecule has 2 N–H and O–H groups in total. The molecule has 0 amide bonds. The largest absolute Gasteiger partial charge is 0.416 e. The van der Waals surface area contributed by atoms with E-state index in [0.717, 1.165) is 46.3 Å². The van der Waals surface area contributed by atoms with E-state index in [1.54, 1.807) is 0 Å². The summed E-state index contributed by atoms with van der Waals surface area (Å²) in [5.74, 6) is -0.0262. The van der Waals surface area contributed by atoms with Crippen LogP contribution < -0.4 is 0 Å². The predicted molar refractivity (Wildman–Crippen MR) is 132 cm³/mol. The van der Waals surface area contributed by atoms with E-state index in [4.69, 9.17) is 9.72 Å². The molecule has 1 aliphatic carbocycles. The van der Waals surface area contributed by atoms with Crippen LogP contribution in [0, 0.1) is 5.41 Å². The number of hydrogen-bond acceptors (Lipinski definition) is 4. The minimum absolute atomic E-state index is 0.0247. The Balaban J connectivity index is 2.15. The number of allylic oxidation sites excluding steroid dienone is 4. The Bertz CT molecular complexity index is 1030. The highest BCUT2D eigenvalue weighted by Crippen LogP contribution is 2.47. The highest BCUT2D eigenvalue weighted by molar-refractivity contribution is 5.74. The monoisotopic (exact) mass is 491 g/mol. The Morgan fingerprint density at radius 2 is 2.06 bits per heavy atom. The van der Waals surface area contributed by atoms with E-state index in [-0.39, 0.29) is 17.8 Å². The minimum Gasteiger partial charge on any atom is -0.388 e. The number of pyridine rings is 1. The van der Waals surface area contributed by atoms with Gasteiger partial charge < -0.3 is 14.9 Å². The van der Waals surface area contributed by atoms with Crippen LogP contribution in [0.25, 0.3) is 5.57 Å². The third-order valence-corrected chi connectivity index (χ3v) is 6.55. The maximum absolute atomic E-state index is 13.2. The van der Waals surface area contributed by atoms with Gasteiger partial charge in [0.15, 0.2) is 0 Å². The van der Waals surface area contributed by atoms with E-state index in [1.807, 2.05) is 19.9 Å². The Morgan fingerprint density at radius 3 is 2.63 bits per heavy atom. The van der Waals surface area contributed by atoms with Crippen LogP contribution in [0.1, 0.15) is 93.2 Å². The number of halogens is 3. The zero-order valence-corrected chi connectivity index (χ0v) is 21.0. The maximum atomic E-state index is 13.2. The number of rotatable bonds is 7. The molecular formula is C28H36F3NO3. The summed E-state index contributed by atoms with van der Waals surface area (Å²) >= 11 is 0. The smallest absolute Gasteiger partial charge is 0.388 e. The van der Waals surface area contributed by atoms with Gasteiger partial charge in [-0.1, -0.05) is 64.7 Å². The number of fused-ring (bicyclic) bond motifs is 1. The Morgan fingerprint density at radius 1 is 1.34 bits per heavy atom. The number of aromatic nitrogens is 1. The molecule has 7 heteroatoms. The summed E-state index contributed by atoms with van der Waals surface area (Å²) in [5, 5.41) is 22.6. The van der Waals surface area contributed by atoms with Gasteiger partial charge in [0.2, 0.25) is 0 Å². The number of alkyl halides is 3. The van der Waals surface area contributed by atoms with E-state index in [1.165, 1.54) is 6.08 Å². The molecule has 4 nitrogen and oxygen atoms in total. The van der Waals surface area contributed by atoms with Crippen molar-refractivity contribution in [2.24, 2.45) is 5.41 Å². The molecule has 1 aromatic rings. The molecule has 2 aliphatic rings. The molecule has 0 aromatic carbocycles. The van der Waals surface area contributed by atoms with Crippen molar-refractivity contribution in [1.29, 1.82) is 0 Å². The molecule has 0 spiro atoms. The average molecular weight is 492 g/mol. The predicted octanol–water partition coefficient (Wildman–Crippen LogP) is 6.67. The van der Waals surface area contributed by atoms with Crippen LogP contribution in [0.2, 0.25) is 0 Å². The third-order valence-electron chi connectivity index (χ3n) is 6.55. The lowest BCUT2D eigenvalue weighted by Crippen LogP contribution is -2.30. The average Bonchev–Trinajstić information content (AvgIpc) is 2.76. The fraction of sp³-hybridized carbons (Fsp3) is 0.536. The third kappa shape index (κ3) is 6.32. The molecule has 0 fully saturated rings. The van der Waals surface area contributed by atoms with Crippen LogP contribution in [-0.4, -0.2) is 34.6 Å². The van der Waals surface area contributed by atoms with Gasteiger partial charge in [0.1, 0.15) is 0 Å². The number of ether oxygens (including phenoxy) is 1. The van der Waals surface area contributed by atoms with Crippen molar-refractivity contribution < 1.29 is 28.1 Å². The molecule has 0 bridgehead atoms. The van der Waals surface area contributed by atoms with Crippen LogP contribution in [0.3, 0.4) is 0 Å². The van der Waals surface area contributed by atoms with Crippen molar-refractivity contribution >= 4 is 5.57 Å². The van der Waals surface area contributed by atoms with Gasteiger partial charge in [-0.25, -0.2) is 0 Å². The van der Waals surface area contributed by atoms with Gasteiger partial charge in [0, 0.05) is 22.5 Å². The highest BCUT2D eigenvalue weighted by atomic mass is 19.4. The van der Waals surface area contributed by atoms with Crippen molar-refractivity contribution in [3.8, 4) is 0 Å². The lowest BCUT2D eigenvalue weighted by molar-refractivity contribution is -0.0882. The molecule has 0 saturated carbocycles. The van der Waals surface area contributed by atoms with Crippen LogP contribution in [-0.2, 0) is 11.2 Å². The van der Waals surface area contributed by atoms with E-state index < -0.39 is 24.0 Å². The Hall–Kier alpha value is -2.22. The number of aliphatic hydroxyl groups is 2. The summed E-state index contributed by atoms with van der Waals surface area (Å²) in [4.78, 5) is 4.94. The second-order valence-corrected chi connectivity index (χ2v) is 10.4. The normalized spacial score (nSPS) is 21.7. The zero-order chi connectivity index (χ0) is 26.0. The van der Waals surface area contributed by atoms with Gasteiger partial charge in [-0.15, -0.1) is 0 Å². The molecule has 35 heavy (non-hydrogen) atoms. The lowest BCUT2D eigenvalue weighted by atomic mass is 9.71. The molecule has 3 rings (SSSR count). The topological polar surface area (TPSA) is 62.6 Å². The van der Waals surface area contributed by atoms with Gasteiger partial charge >= 0.3 is 6.18 Å². The highest BCUT2D eigenvalue weighted by Gasteiger charge is 2.38. The van der Waals surface area contributed by atoms with Gasteiger partial charge in [0.05, 0.1) is 31.0 Å². The number of aliphatic hydroxyl groups excluding tert-OH is 2. The van der Waals surface area contributed by atoms with Crippen molar-refractivity contribution in [2.45, 2.75) is 77.7 Å². The first kappa shape index (κ1) is 27.4. The summed E-state index contributed by atoms with van der Waals surface area (Å²) in [6.45, 7) is 12.5. The fourth-order valence-electron chi connectivity index (χ4n) is 5.02. The van der Waals surface area contributed by atoms with E-state index in [2.05, 4.69) is 20.4 Å². The fourth-order valence-corrected chi connectivity index (χ4v) is 5.02. The molecule has 2 heterocycles. The van der Waals surface area contributed by atoms with Crippen molar-refractivity contribution in [2.75, 3.05) is 13.2 Å². The second-order valence-electron chi connectivity index (χ2n) is 10.4. The second kappa shape index (κ2) is 10.8. The van der Waals surface area contributed by atoms with Gasteiger partial charge in [0.25, 0.3) is 0 Å². The molecule has 0 saturated heterocycles. The summed E-state index contributed by atoms with van der Waals surface area (Å²) in [6.07, 6.45) is 1.79. The first-order valence-corrected chi connectivity index (χ1v) is 12.1. The molecule has 192 valence electrons. The Labute approximate surface area is 205 Å². The molecular weight excluding hydrogens is 455 g/mol. The van der Waals surface area contributed by atoms with Gasteiger partial charge in [-0.05, 0) is 48.2 Å². The van der Waals surface area contributed by atoms with Crippen LogP contribution in [0.5, 0.6) is 0 Å². The number of hydrogen-bond donors (Lipinski definition) is 2. The van der Waals surface area contributed by atoms with Crippen LogP contribution in [0.15, 0.2) is 42.5 Å². The molecule has 1 aromatic heterocycles. The van der Waals surface area contributed by atoms with E-state index in [0.29, 0.717) is 38.0 Å². The zero-order valence-electron chi connectivity index (χ0n) is 21.0.